The number of anilines is 4. The number of benzene rings is 1. The number of amides is 2. The molecular formula is C31H39F2N7O2. The van der Waals surface area contributed by atoms with Gasteiger partial charge in [0.1, 0.15) is 17.3 Å². The van der Waals surface area contributed by atoms with Crippen molar-refractivity contribution in [2.45, 2.75) is 94.8 Å². The molecule has 224 valence electrons. The second-order valence-corrected chi connectivity index (χ2v) is 13.1. The van der Waals surface area contributed by atoms with Crippen molar-refractivity contribution in [1.82, 2.24) is 20.2 Å². The van der Waals surface area contributed by atoms with Gasteiger partial charge in [-0.15, -0.1) is 0 Å². The molecule has 9 nitrogen and oxygen atoms in total. The summed E-state index contributed by atoms with van der Waals surface area (Å²) in [6, 6.07) is 2.98. The second kappa shape index (κ2) is 10.4. The molecule has 2 amide bonds. The Morgan fingerprint density at radius 2 is 1.67 bits per heavy atom. The monoisotopic (exact) mass is 579 g/mol. The number of aromatic nitrogens is 2. The van der Waals surface area contributed by atoms with Crippen molar-refractivity contribution in [3.8, 4) is 0 Å². The van der Waals surface area contributed by atoms with Crippen LogP contribution in [0.2, 0.25) is 0 Å². The molecule has 2 saturated carbocycles. The molecule has 1 aromatic carbocycles. The van der Waals surface area contributed by atoms with E-state index in [1.807, 2.05) is 0 Å². The summed E-state index contributed by atoms with van der Waals surface area (Å²) >= 11 is 0. The van der Waals surface area contributed by atoms with Crippen molar-refractivity contribution in [2.24, 2.45) is 5.41 Å². The van der Waals surface area contributed by atoms with Gasteiger partial charge < -0.3 is 25.3 Å². The fraction of sp³-hybridized carbons (Fsp3) is 0.613. The molecule has 0 radical (unpaired) electrons. The quantitative estimate of drug-likeness (QED) is 0.528. The molecule has 2 saturated heterocycles. The molecule has 42 heavy (non-hydrogen) atoms. The van der Waals surface area contributed by atoms with Gasteiger partial charge in [-0.3, -0.25) is 9.59 Å². The van der Waals surface area contributed by atoms with Crippen LogP contribution in [0, 0.1) is 17.0 Å². The third-order valence-corrected chi connectivity index (χ3v) is 10.5. The predicted molar refractivity (Wildman–Crippen MR) is 156 cm³/mol. The number of halogens is 2. The molecule has 1 unspecified atom stereocenters. The van der Waals surface area contributed by atoms with Gasteiger partial charge in [-0.25, -0.2) is 13.8 Å². The highest BCUT2D eigenvalue weighted by atomic mass is 19.1. The highest BCUT2D eigenvalue weighted by Crippen LogP contribution is 2.52. The zero-order chi connectivity index (χ0) is 29.2. The van der Waals surface area contributed by atoms with E-state index in [2.05, 4.69) is 32.5 Å². The van der Waals surface area contributed by atoms with Gasteiger partial charge in [0.25, 0.3) is 5.91 Å². The number of nitrogens with zero attached hydrogens (tertiary/aromatic N) is 5. The molecule has 1 aromatic heterocycles. The maximum atomic E-state index is 15.3. The summed E-state index contributed by atoms with van der Waals surface area (Å²) in [5.74, 6) is -1.35. The van der Waals surface area contributed by atoms with E-state index < -0.39 is 17.5 Å². The molecular weight excluding hydrogens is 540 g/mol. The number of hydrogen-bond donors (Lipinski definition) is 2. The molecule has 1 spiro atoms. The molecule has 4 fully saturated rings. The zero-order valence-corrected chi connectivity index (χ0v) is 24.3. The van der Waals surface area contributed by atoms with Crippen LogP contribution in [0.15, 0.2) is 18.3 Å². The Bertz CT molecular complexity index is 1400. The Balaban J connectivity index is 1.11. The number of fused-ring (bicyclic) bond motifs is 3. The second-order valence-electron chi connectivity index (χ2n) is 13.1. The summed E-state index contributed by atoms with van der Waals surface area (Å²) in [5.41, 5.74) is -0.226. The van der Waals surface area contributed by atoms with Crippen molar-refractivity contribution < 1.29 is 18.4 Å². The minimum Gasteiger partial charge on any atom is -0.351 e. The Morgan fingerprint density at radius 1 is 0.976 bits per heavy atom. The molecule has 3 aliphatic heterocycles. The van der Waals surface area contributed by atoms with Gasteiger partial charge in [0.15, 0.2) is 5.82 Å². The molecule has 2 N–H and O–H groups in total. The third kappa shape index (κ3) is 4.79. The van der Waals surface area contributed by atoms with Gasteiger partial charge in [0.2, 0.25) is 11.9 Å². The third-order valence-electron chi connectivity index (χ3n) is 10.5. The normalized spacial score (nSPS) is 27.1. The highest BCUT2D eigenvalue weighted by Gasteiger charge is 2.55. The van der Waals surface area contributed by atoms with Crippen molar-refractivity contribution in [3.63, 3.8) is 0 Å². The van der Waals surface area contributed by atoms with Gasteiger partial charge >= 0.3 is 0 Å². The lowest BCUT2D eigenvalue weighted by Gasteiger charge is -2.47. The molecule has 2 aliphatic carbocycles. The number of rotatable bonds is 5. The Kier molecular flexibility index (Phi) is 6.83. The average molecular weight is 580 g/mol. The van der Waals surface area contributed by atoms with Crippen molar-refractivity contribution >= 4 is 35.0 Å². The Morgan fingerprint density at radius 3 is 2.36 bits per heavy atom. The lowest BCUT2D eigenvalue weighted by Crippen LogP contribution is -2.55. The standard InChI is InChI=1S/C31H39F2N7O2/c1-38-20-8-5-9-21(38)13-18(12-20)35-28(41)22-14-24(33)25(15-23(22)32)36-30-34-16-26-27(37-30)40(19-6-3-4-7-19)17-31(10-11-31)29(42)39(26)2/h14-16,18-21H,3-13,17H2,1-2H3,(H,35,41)(H,34,36,37)/t18?,20-,21+. The van der Waals surface area contributed by atoms with Crippen molar-refractivity contribution in [3.05, 3.63) is 35.5 Å². The van der Waals surface area contributed by atoms with Crippen LogP contribution in [0.25, 0.3) is 0 Å². The fourth-order valence-electron chi connectivity index (χ4n) is 7.78. The van der Waals surface area contributed by atoms with Gasteiger partial charge in [-0.05, 0) is 64.5 Å². The van der Waals surface area contributed by atoms with Gasteiger partial charge in [0.05, 0.1) is 22.9 Å². The molecule has 3 atom stereocenters. The lowest BCUT2D eigenvalue weighted by atomic mass is 9.82. The number of piperidine rings is 2. The van der Waals surface area contributed by atoms with Crippen LogP contribution in [-0.4, -0.2) is 71.5 Å². The summed E-state index contributed by atoms with van der Waals surface area (Å²) in [6.45, 7) is 0.607. The number of hydrogen-bond acceptors (Lipinski definition) is 7. The van der Waals surface area contributed by atoms with E-state index in [1.165, 1.54) is 6.42 Å². The zero-order valence-electron chi connectivity index (χ0n) is 24.3. The SMILES string of the molecule is CN1C(=O)C2(CC2)CN(C2CCCC2)c2nc(Nc3cc(F)c(C(=O)NC4C[C@H]5CCC[C@@H](C4)N5C)cc3F)ncc21. The van der Waals surface area contributed by atoms with E-state index in [0.29, 0.717) is 30.1 Å². The maximum Gasteiger partial charge on any atom is 0.254 e. The van der Waals surface area contributed by atoms with Crippen LogP contribution in [-0.2, 0) is 4.79 Å². The van der Waals surface area contributed by atoms with Crippen LogP contribution in [0.5, 0.6) is 0 Å². The van der Waals surface area contributed by atoms with Crippen LogP contribution >= 0.6 is 0 Å². The van der Waals surface area contributed by atoms with Crippen LogP contribution < -0.4 is 20.4 Å². The van der Waals surface area contributed by atoms with Gasteiger partial charge in [-0.2, -0.15) is 4.98 Å². The van der Waals surface area contributed by atoms with E-state index in [-0.39, 0.29) is 40.6 Å². The molecule has 2 bridgehead atoms. The van der Waals surface area contributed by atoms with E-state index >= 15 is 8.78 Å². The summed E-state index contributed by atoms with van der Waals surface area (Å²) in [6.07, 6.45) is 12.6. The summed E-state index contributed by atoms with van der Waals surface area (Å²) in [7, 11) is 3.89. The summed E-state index contributed by atoms with van der Waals surface area (Å²) < 4.78 is 30.6. The predicted octanol–water partition coefficient (Wildman–Crippen LogP) is 4.75. The number of carbonyl (C=O) groups excluding carboxylic acids is 2. The first-order chi connectivity index (χ1) is 20.2. The van der Waals surface area contributed by atoms with Crippen molar-refractivity contribution in [2.75, 3.05) is 35.8 Å². The first-order valence-electron chi connectivity index (χ1n) is 15.4. The van der Waals surface area contributed by atoms with E-state index in [1.54, 1.807) is 18.1 Å². The van der Waals surface area contributed by atoms with Crippen LogP contribution in [0.4, 0.5) is 31.9 Å². The molecule has 5 aliphatic rings. The van der Waals surface area contributed by atoms with E-state index in [4.69, 9.17) is 4.98 Å². The maximum absolute atomic E-state index is 15.3. The minimum atomic E-state index is -0.812. The van der Waals surface area contributed by atoms with Crippen molar-refractivity contribution in [1.29, 1.82) is 0 Å². The first-order valence-corrected chi connectivity index (χ1v) is 15.4. The van der Waals surface area contributed by atoms with Crippen LogP contribution in [0.3, 0.4) is 0 Å². The number of carbonyl (C=O) groups is 2. The largest absolute Gasteiger partial charge is 0.351 e. The Hall–Kier alpha value is -3.34. The van der Waals surface area contributed by atoms with E-state index in [0.717, 1.165) is 76.3 Å². The first kappa shape index (κ1) is 27.5. The molecule has 11 heteroatoms. The summed E-state index contributed by atoms with van der Waals surface area (Å²) in [5, 5.41) is 5.79. The highest BCUT2D eigenvalue weighted by molar-refractivity contribution is 6.02. The lowest BCUT2D eigenvalue weighted by molar-refractivity contribution is -0.122. The fourth-order valence-corrected chi connectivity index (χ4v) is 7.78. The van der Waals surface area contributed by atoms with Gasteiger partial charge in [-0.1, -0.05) is 19.3 Å². The average Bonchev–Trinajstić information content (AvgIpc) is 3.56. The van der Waals surface area contributed by atoms with Crippen LogP contribution in [0.1, 0.15) is 81.0 Å². The number of nitrogens with one attached hydrogen (secondary N) is 2. The topological polar surface area (TPSA) is 93.7 Å². The molecule has 4 heterocycles. The van der Waals surface area contributed by atoms with Gasteiger partial charge in [0, 0.05) is 43.8 Å². The smallest absolute Gasteiger partial charge is 0.254 e. The Labute approximate surface area is 245 Å². The van der Waals surface area contributed by atoms with E-state index in [9.17, 15) is 9.59 Å². The minimum absolute atomic E-state index is 0.0557. The molecule has 2 aromatic rings. The molecule has 7 rings (SSSR count). The summed E-state index contributed by atoms with van der Waals surface area (Å²) in [4.78, 5) is 41.7.